The third kappa shape index (κ3) is 2.14. The smallest absolute Gasteiger partial charge is 0.212 e. The number of aromatic nitrogens is 2. The first-order chi connectivity index (χ1) is 7.33. The molecule has 15 heavy (non-hydrogen) atoms. The number of hydrogen-bond acceptors (Lipinski definition) is 5. The average Bonchev–Trinajstić information content (AvgIpc) is 2.78. The van der Waals surface area contributed by atoms with Gasteiger partial charge in [0.1, 0.15) is 5.01 Å². The van der Waals surface area contributed by atoms with Crippen LogP contribution >= 0.6 is 11.3 Å². The zero-order valence-corrected chi connectivity index (χ0v) is 8.99. The fourth-order valence-corrected chi connectivity index (χ4v) is 1.94. The molecule has 0 fully saturated rings. The van der Waals surface area contributed by atoms with Crippen molar-refractivity contribution in [3.05, 3.63) is 29.4 Å². The molecule has 0 aliphatic heterocycles. The summed E-state index contributed by atoms with van der Waals surface area (Å²) in [6.07, 6.45) is 1.71. The SMILES string of the molecule is COc1ccc(-c2nc(CO)cs2)cn1. The molecule has 4 nitrogen and oxygen atoms in total. The van der Waals surface area contributed by atoms with Crippen LogP contribution in [0.5, 0.6) is 5.88 Å². The third-order valence-corrected chi connectivity index (χ3v) is 2.85. The summed E-state index contributed by atoms with van der Waals surface area (Å²) in [7, 11) is 1.58. The van der Waals surface area contributed by atoms with Gasteiger partial charge in [-0.2, -0.15) is 0 Å². The van der Waals surface area contributed by atoms with Crippen molar-refractivity contribution in [2.45, 2.75) is 6.61 Å². The Morgan fingerprint density at radius 3 is 2.87 bits per heavy atom. The van der Waals surface area contributed by atoms with E-state index in [9.17, 15) is 0 Å². The van der Waals surface area contributed by atoms with E-state index in [0.717, 1.165) is 10.6 Å². The molecule has 2 rings (SSSR count). The van der Waals surface area contributed by atoms with Gasteiger partial charge in [-0.25, -0.2) is 9.97 Å². The van der Waals surface area contributed by atoms with Crippen LogP contribution < -0.4 is 4.74 Å². The predicted molar refractivity (Wildman–Crippen MR) is 57.8 cm³/mol. The highest BCUT2D eigenvalue weighted by Crippen LogP contribution is 2.24. The van der Waals surface area contributed by atoms with E-state index < -0.39 is 0 Å². The van der Waals surface area contributed by atoms with Crippen LogP contribution in [0.25, 0.3) is 10.6 Å². The minimum Gasteiger partial charge on any atom is -0.481 e. The second-order valence-electron chi connectivity index (χ2n) is 2.89. The summed E-state index contributed by atoms with van der Waals surface area (Å²) in [6.45, 7) is -0.0277. The summed E-state index contributed by atoms with van der Waals surface area (Å²) in [6, 6.07) is 3.68. The number of thiazole rings is 1. The molecule has 0 saturated carbocycles. The van der Waals surface area contributed by atoms with Gasteiger partial charge in [0, 0.05) is 23.2 Å². The number of methoxy groups -OCH3 is 1. The number of ether oxygens (including phenoxy) is 1. The summed E-state index contributed by atoms with van der Waals surface area (Å²) in [4.78, 5) is 8.33. The van der Waals surface area contributed by atoms with Crippen molar-refractivity contribution in [3.8, 4) is 16.5 Å². The first-order valence-electron chi connectivity index (χ1n) is 4.39. The second kappa shape index (κ2) is 4.37. The van der Waals surface area contributed by atoms with Crippen molar-refractivity contribution in [2.24, 2.45) is 0 Å². The van der Waals surface area contributed by atoms with Gasteiger partial charge in [0.05, 0.1) is 19.4 Å². The van der Waals surface area contributed by atoms with E-state index in [1.807, 2.05) is 11.4 Å². The van der Waals surface area contributed by atoms with Gasteiger partial charge in [-0.3, -0.25) is 0 Å². The number of nitrogens with zero attached hydrogens (tertiary/aromatic N) is 2. The molecule has 0 radical (unpaired) electrons. The molecule has 0 bridgehead atoms. The normalized spacial score (nSPS) is 10.3. The maximum Gasteiger partial charge on any atom is 0.212 e. The fourth-order valence-electron chi connectivity index (χ4n) is 1.14. The van der Waals surface area contributed by atoms with Crippen molar-refractivity contribution >= 4 is 11.3 Å². The molecule has 2 aromatic rings. The van der Waals surface area contributed by atoms with Gasteiger partial charge in [-0.15, -0.1) is 11.3 Å². The number of hydrogen-bond donors (Lipinski definition) is 1. The van der Waals surface area contributed by atoms with Crippen LogP contribution in [0, 0.1) is 0 Å². The highest BCUT2D eigenvalue weighted by Gasteiger charge is 2.04. The quantitative estimate of drug-likeness (QED) is 0.858. The lowest BCUT2D eigenvalue weighted by Gasteiger charge is -1.98. The Morgan fingerprint density at radius 1 is 1.47 bits per heavy atom. The van der Waals surface area contributed by atoms with Crippen LogP contribution in [0.2, 0.25) is 0 Å². The molecule has 0 spiro atoms. The van der Waals surface area contributed by atoms with Crippen LogP contribution in [0.3, 0.4) is 0 Å². The first kappa shape index (κ1) is 10.1. The van der Waals surface area contributed by atoms with E-state index >= 15 is 0 Å². The Kier molecular flexibility index (Phi) is 2.94. The number of aliphatic hydroxyl groups is 1. The van der Waals surface area contributed by atoms with Crippen molar-refractivity contribution in [2.75, 3.05) is 7.11 Å². The molecule has 5 heteroatoms. The molecule has 0 aliphatic carbocycles. The summed E-state index contributed by atoms with van der Waals surface area (Å²) in [5.41, 5.74) is 1.62. The fraction of sp³-hybridized carbons (Fsp3) is 0.200. The molecule has 2 heterocycles. The molecular formula is C10H10N2O2S. The van der Waals surface area contributed by atoms with E-state index in [0.29, 0.717) is 11.6 Å². The maximum atomic E-state index is 8.89. The van der Waals surface area contributed by atoms with E-state index in [1.54, 1.807) is 19.4 Å². The zero-order valence-electron chi connectivity index (χ0n) is 8.17. The standard InChI is InChI=1S/C10H10N2O2S/c1-14-9-3-2-7(4-11-9)10-12-8(5-13)6-15-10/h2-4,6,13H,5H2,1H3. The lowest BCUT2D eigenvalue weighted by Crippen LogP contribution is -1.87. The molecule has 78 valence electrons. The molecule has 0 atom stereocenters. The van der Waals surface area contributed by atoms with Gasteiger partial charge in [0.25, 0.3) is 0 Å². The number of pyridine rings is 1. The van der Waals surface area contributed by atoms with Crippen molar-refractivity contribution < 1.29 is 9.84 Å². The topological polar surface area (TPSA) is 55.2 Å². The summed E-state index contributed by atoms with van der Waals surface area (Å²) in [5, 5.41) is 11.6. The highest BCUT2D eigenvalue weighted by atomic mass is 32.1. The number of aliphatic hydroxyl groups excluding tert-OH is 1. The third-order valence-electron chi connectivity index (χ3n) is 1.91. The van der Waals surface area contributed by atoms with E-state index in [-0.39, 0.29) is 6.61 Å². The van der Waals surface area contributed by atoms with Crippen molar-refractivity contribution in [1.82, 2.24) is 9.97 Å². The molecule has 0 aliphatic rings. The Morgan fingerprint density at radius 2 is 2.33 bits per heavy atom. The summed E-state index contributed by atoms with van der Waals surface area (Å²) < 4.78 is 4.96. The maximum absolute atomic E-state index is 8.89. The highest BCUT2D eigenvalue weighted by molar-refractivity contribution is 7.13. The molecule has 2 aromatic heterocycles. The second-order valence-corrected chi connectivity index (χ2v) is 3.75. The predicted octanol–water partition coefficient (Wildman–Crippen LogP) is 1.71. The molecule has 0 amide bonds. The number of rotatable bonds is 3. The zero-order chi connectivity index (χ0) is 10.7. The Balaban J connectivity index is 2.28. The minimum absolute atomic E-state index is 0.0277. The van der Waals surface area contributed by atoms with Crippen LogP contribution in [-0.4, -0.2) is 22.2 Å². The van der Waals surface area contributed by atoms with Crippen LogP contribution in [-0.2, 0) is 6.61 Å². The monoisotopic (exact) mass is 222 g/mol. The van der Waals surface area contributed by atoms with Crippen LogP contribution in [0.1, 0.15) is 5.69 Å². The van der Waals surface area contributed by atoms with Gasteiger partial charge in [0.2, 0.25) is 5.88 Å². The van der Waals surface area contributed by atoms with E-state index in [2.05, 4.69) is 9.97 Å². The lowest BCUT2D eigenvalue weighted by molar-refractivity contribution is 0.278. The van der Waals surface area contributed by atoms with Crippen LogP contribution in [0.15, 0.2) is 23.7 Å². The summed E-state index contributed by atoms with van der Waals surface area (Å²) in [5.74, 6) is 0.581. The van der Waals surface area contributed by atoms with Gasteiger partial charge in [-0.05, 0) is 6.07 Å². The average molecular weight is 222 g/mol. The van der Waals surface area contributed by atoms with Crippen LogP contribution in [0.4, 0.5) is 0 Å². The lowest BCUT2D eigenvalue weighted by atomic mass is 10.3. The van der Waals surface area contributed by atoms with Gasteiger partial charge >= 0.3 is 0 Å². The Labute approximate surface area is 91.2 Å². The van der Waals surface area contributed by atoms with Crippen molar-refractivity contribution in [3.63, 3.8) is 0 Å². The largest absolute Gasteiger partial charge is 0.481 e. The molecular weight excluding hydrogens is 212 g/mol. The molecule has 0 saturated heterocycles. The van der Waals surface area contributed by atoms with Crippen molar-refractivity contribution in [1.29, 1.82) is 0 Å². The van der Waals surface area contributed by atoms with E-state index in [1.165, 1.54) is 11.3 Å². The molecule has 0 unspecified atom stereocenters. The molecule has 1 N–H and O–H groups in total. The minimum atomic E-state index is -0.0277. The summed E-state index contributed by atoms with van der Waals surface area (Å²) >= 11 is 1.49. The molecule has 0 aromatic carbocycles. The van der Waals surface area contributed by atoms with Gasteiger partial charge < -0.3 is 9.84 Å². The first-order valence-corrected chi connectivity index (χ1v) is 5.27. The Hall–Kier alpha value is -1.46. The Bertz CT molecular complexity index is 439. The van der Waals surface area contributed by atoms with Gasteiger partial charge in [0.15, 0.2) is 0 Å². The van der Waals surface area contributed by atoms with E-state index in [4.69, 9.17) is 9.84 Å². The van der Waals surface area contributed by atoms with Gasteiger partial charge in [-0.1, -0.05) is 0 Å².